The largest absolute Gasteiger partial charge is 0.400 e. The van der Waals surface area contributed by atoms with E-state index in [1.807, 2.05) is 25.4 Å². The molecule has 2 aromatic heterocycles. The molecule has 0 fully saturated rings. The minimum atomic E-state index is 1.00. The number of aromatic nitrogens is 2. The summed E-state index contributed by atoms with van der Waals surface area (Å²) in [6.45, 7) is 2.02. The second-order valence-electron chi connectivity index (χ2n) is 4.65. The zero-order valence-electron chi connectivity index (χ0n) is 12.6. The van der Waals surface area contributed by atoms with E-state index in [2.05, 4.69) is 59.1 Å². The number of allylic oxidation sites excluding steroid dienone is 1. The fraction of sp³-hybridized carbons (Fsp3) is 0.167. The number of para-hydroxylation sites is 1. The van der Waals surface area contributed by atoms with Crippen molar-refractivity contribution in [1.82, 2.24) is 9.55 Å². The van der Waals surface area contributed by atoms with E-state index in [4.69, 9.17) is 5.11 Å². The van der Waals surface area contributed by atoms with Gasteiger partial charge in [-0.2, -0.15) is 0 Å². The van der Waals surface area contributed by atoms with Crippen LogP contribution in [0, 0.1) is 0 Å². The normalized spacial score (nSPS) is 10.7. The van der Waals surface area contributed by atoms with Crippen LogP contribution in [0.4, 0.5) is 0 Å². The number of rotatable bonds is 2. The molecule has 3 nitrogen and oxygen atoms in total. The Morgan fingerprint density at radius 1 is 1.10 bits per heavy atom. The fourth-order valence-electron chi connectivity index (χ4n) is 2.45. The van der Waals surface area contributed by atoms with Crippen molar-refractivity contribution in [2.24, 2.45) is 7.05 Å². The molecule has 0 spiro atoms. The summed E-state index contributed by atoms with van der Waals surface area (Å²) in [5.41, 5.74) is 4.72. The van der Waals surface area contributed by atoms with Gasteiger partial charge in [-0.1, -0.05) is 30.4 Å². The van der Waals surface area contributed by atoms with Gasteiger partial charge in [-0.15, -0.1) is 0 Å². The van der Waals surface area contributed by atoms with Crippen LogP contribution in [0.1, 0.15) is 12.5 Å². The smallest absolute Gasteiger partial charge is 0.0504 e. The molecule has 3 aromatic rings. The Labute approximate surface area is 125 Å². The molecule has 108 valence electrons. The summed E-state index contributed by atoms with van der Waals surface area (Å²) in [7, 11) is 3.10. The quantitative estimate of drug-likeness (QED) is 0.773. The first-order chi connectivity index (χ1) is 10.3. The topological polar surface area (TPSA) is 38.0 Å². The summed E-state index contributed by atoms with van der Waals surface area (Å²) < 4.78 is 2.21. The number of aryl methyl sites for hydroxylation is 1. The first-order valence-corrected chi connectivity index (χ1v) is 6.87. The van der Waals surface area contributed by atoms with E-state index < -0.39 is 0 Å². The molecule has 3 heteroatoms. The molecular weight excluding hydrogens is 260 g/mol. The van der Waals surface area contributed by atoms with Crippen LogP contribution in [0.3, 0.4) is 0 Å². The van der Waals surface area contributed by atoms with Gasteiger partial charge >= 0.3 is 0 Å². The first kappa shape index (κ1) is 15.0. The lowest BCUT2D eigenvalue weighted by atomic mass is 10.1. The van der Waals surface area contributed by atoms with E-state index in [-0.39, 0.29) is 0 Å². The maximum absolute atomic E-state index is 7.00. The zero-order chi connectivity index (χ0) is 15.2. The van der Waals surface area contributed by atoms with Gasteiger partial charge in [-0.05, 0) is 30.7 Å². The number of aliphatic hydroxyl groups excluding tert-OH is 1. The molecule has 21 heavy (non-hydrogen) atoms. The Morgan fingerprint density at radius 3 is 2.57 bits per heavy atom. The Morgan fingerprint density at radius 2 is 1.86 bits per heavy atom. The highest BCUT2D eigenvalue weighted by atomic mass is 16.2. The van der Waals surface area contributed by atoms with Crippen LogP contribution >= 0.6 is 0 Å². The molecule has 2 heterocycles. The summed E-state index contributed by atoms with van der Waals surface area (Å²) >= 11 is 0. The van der Waals surface area contributed by atoms with E-state index in [1.54, 1.807) is 0 Å². The maximum atomic E-state index is 7.00. The predicted octanol–water partition coefficient (Wildman–Crippen LogP) is 3.88. The summed E-state index contributed by atoms with van der Waals surface area (Å²) in [6, 6.07) is 12.8. The molecule has 0 atom stereocenters. The molecule has 0 saturated carbocycles. The lowest BCUT2D eigenvalue weighted by Crippen LogP contribution is -1.92. The zero-order valence-corrected chi connectivity index (χ0v) is 12.6. The van der Waals surface area contributed by atoms with E-state index >= 15 is 0 Å². The van der Waals surface area contributed by atoms with Crippen LogP contribution in [-0.2, 0) is 7.05 Å². The molecule has 1 N–H and O–H groups in total. The minimum Gasteiger partial charge on any atom is -0.400 e. The molecule has 0 radical (unpaired) electrons. The molecule has 0 aliphatic rings. The van der Waals surface area contributed by atoms with Gasteiger partial charge in [0, 0.05) is 43.0 Å². The molecule has 3 rings (SSSR count). The molecule has 0 aliphatic heterocycles. The monoisotopic (exact) mass is 280 g/mol. The number of aliphatic hydroxyl groups is 1. The third kappa shape index (κ3) is 3.03. The van der Waals surface area contributed by atoms with Crippen molar-refractivity contribution in [2.75, 3.05) is 7.11 Å². The van der Waals surface area contributed by atoms with Gasteiger partial charge in [0.2, 0.25) is 0 Å². The molecule has 0 bridgehead atoms. The summed E-state index contributed by atoms with van der Waals surface area (Å²) in [5, 5.41) is 8.26. The lowest BCUT2D eigenvalue weighted by Gasteiger charge is -2.05. The van der Waals surface area contributed by atoms with Gasteiger partial charge in [0.25, 0.3) is 0 Å². The Kier molecular flexibility index (Phi) is 4.90. The average Bonchev–Trinajstić information content (AvgIpc) is 2.88. The number of nitrogens with zero attached hydrogens (tertiary/aromatic N) is 2. The first-order valence-electron chi connectivity index (χ1n) is 6.87. The van der Waals surface area contributed by atoms with Gasteiger partial charge in [-0.25, -0.2) is 0 Å². The molecule has 0 aliphatic carbocycles. The van der Waals surface area contributed by atoms with Crippen molar-refractivity contribution in [3.05, 3.63) is 60.4 Å². The van der Waals surface area contributed by atoms with Crippen LogP contribution in [-0.4, -0.2) is 21.8 Å². The lowest BCUT2D eigenvalue weighted by molar-refractivity contribution is 0.399. The Bertz CT molecular complexity index is 757. The number of benzene rings is 1. The van der Waals surface area contributed by atoms with Crippen LogP contribution in [0.15, 0.2) is 54.9 Å². The van der Waals surface area contributed by atoms with E-state index in [1.165, 1.54) is 16.6 Å². The van der Waals surface area contributed by atoms with Gasteiger partial charge in [0.1, 0.15) is 0 Å². The van der Waals surface area contributed by atoms with Crippen molar-refractivity contribution in [2.45, 2.75) is 6.92 Å². The Hall–Kier alpha value is -2.39. The number of hydrogen-bond donors (Lipinski definition) is 1. The van der Waals surface area contributed by atoms with Crippen molar-refractivity contribution in [3.8, 4) is 11.3 Å². The maximum Gasteiger partial charge on any atom is 0.0504 e. The van der Waals surface area contributed by atoms with E-state index in [0.29, 0.717) is 0 Å². The van der Waals surface area contributed by atoms with Crippen molar-refractivity contribution in [1.29, 1.82) is 0 Å². The number of pyridine rings is 1. The summed E-state index contributed by atoms with van der Waals surface area (Å²) in [6.07, 6.45) is 7.90. The van der Waals surface area contributed by atoms with Gasteiger partial charge < -0.3 is 9.67 Å². The van der Waals surface area contributed by atoms with Crippen molar-refractivity contribution < 1.29 is 5.11 Å². The Balaban J connectivity index is 0.000000774. The van der Waals surface area contributed by atoms with Crippen LogP contribution < -0.4 is 0 Å². The summed E-state index contributed by atoms with van der Waals surface area (Å²) in [4.78, 5) is 4.33. The second-order valence-corrected chi connectivity index (χ2v) is 4.65. The fourth-order valence-corrected chi connectivity index (χ4v) is 2.45. The highest BCUT2D eigenvalue weighted by Crippen LogP contribution is 2.27. The average molecular weight is 280 g/mol. The molecule has 0 amide bonds. The summed E-state index contributed by atoms with van der Waals surface area (Å²) in [5.74, 6) is 0. The molecule has 0 saturated heterocycles. The highest BCUT2D eigenvalue weighted by molar-refractivity contribution is 5.87. The SMILES string of the molecule is C/C=C/c1cncc(-c2cc3ccccc3n2C)c1.CO. The van der Waals surface area contributed by atoms with Gasteiger partial charge in [0.05, 0.1) is 5.69 Å². The van der Waals surface area contributed by atoms with Crippen molar-refractivity contribution in [3.63, 3.8) is 0 Å². The standard InChI is InChI=1S/C17H16N2.CH4O/c1-3-6-13-9-15(12-18-11-13)17-10-14-7-4-5-8-16(14)19(17)2;1-2/h3-12H,1-2H3;2H,1H3/b6-3+;. The molecule has 0 unspecified atom stereocenters. The molecular formula is C18H20N2O. The van der Waals surface area contributed by atoms with E-state index in [0.717, 1.165) is 18.2 Å². The van der Waals surface area contributed by atoms with Crippen LogP contribution in [0.2, 0.25) is 0 Å². The molecule has 1 aromatic carbocycles. The minimum absolute atomic E-state index is 1.00. The number of hydrogen-bond acceptors (Lipinski definition) is 2. The number of fused-ring (bicyclic) bond motifs is 1. The van der Waals surface area contributed by atoms with Crippen LogP contribution in [0.5, 0.6) is 0 Å². The van der Waals surface area contributed by atoms with Crippen LogP contribution in [0.25, 0.3) is 28.2 Å². The second kappa shape index (κ2) is 6.86. The van der Waals surface area contributed by atoms with E-state index in [9.17, 15) is 0 Å². The predicted molar refractivity (Wildman–Crippen MR) is 89.0 cm³/mol. The van der Waals surface area contributed by atoms with Gasteiger partial charge in [-0.3, -0.25) is 4.98 Å². The van der Waals surface area contributed by atoms with Crippen molar-refractivity contribution >= 4 is 17.0 Å². The highest BCUT2D eigenvalue weighted by Gasteiger charge is 2.07. The van der Waals surface area contributed by atoms with Gasteiger partial charge in [0.15, 0.2) is 0 Å². The third-order valence-electron chi connectivity index (χ3n) is 3.37. The third-order valence-corrected chi connectivity index (χ3v) is 3.37.